The van der Waals surface area contributed by atoms with Crippen LogP contribution in [0.15, 0.2) is 30.3 Å². The number of ether oxygens (including phenoxy) is 1. The first-order chi connectivity index (χ1) is 11.8. The van der Waals surface area contributed by atoms with E-state index in [4.69, 9.17) is 9.72 Å². The fourth-order valence-corrected chi connectivity index (χ4v) is 4.56. The Labute approximate surface area is 146 Å². The predicted octanol–water partition coefficient (Wildman–Crippen LogP) is 3.73. The number of hydrogen-bond donors (Lipinski definition) is 0. The first-order valence-corrected chi connectivity index (χ1v) is 9.58. The summed E-state index contributed by atoms with van der Waals surface area (Å²) in [6.45, 7) is 1.25. The number of amides is 1. The quantitative estimate of drug-likeness (QED) is 0.850. The average Bonchev–Trinajstić information content (AvgIpc) is 3.29. The summed E-state index contributed by atoms with van der Waals surface area (Å²) in [7, 11) is 0. The van der Waals surface area contributed by atoms with Crippen molar-refractivity contribution in [2.24, 2.45) is 0 Å². The monoisotopic (exact) mass is 342 g/mol. The molecule has 2 aliphatic rings. The smallest absolute Gasteiger partial charge is 0.258 e. The number of hydrogen-bond acceptors (Lipinski definition) is 4. The van der Waals surface area contributed by atoms with Crippen molar-refractivity contribution in [1.29, 1.82) is 0 Å². The molecule has 1 unspecified atom stereocenters. The number of benzene rings is 1. The number of thiazole rings is 1. The minimum absolute atomic E-state index is 0.0578. The Kier molecular flexibility index (Phi) is 4.63. The van der Waals surface area contributed by atoms with Gasteiger partial charge in [-0.1, -0.05) is 30.3 Å². The summed E-state index contributed by atoms with van der Waals surface area (Å²) in [6.07, 6.45) is 6.04. The zero-order valence-corrected chi connectivity index (χ0v) is 14.6. The largest absolute Gasteiger partial charge is 0.368 e. The summed E-state index contributed by atoms with van der Waals surface area (Å²) in [5.74, 6) is 0.0578. The normalized spacial score (nSPS) is 19.9. The Bertz CT molecular complexity index is 684. The van der Waals surface area contributed by atoms with Crippen LogP contribution in [-0.4, -0.2) is 23.6 Å². The van der Waals surface area contributed by atoms with Gasteiger partial charge in [0.15, 0.2) is 5.13 Å². The molecule has 1 aromatic carbocycles. The third-order valence-electron chi connectivity index (χ3n) is 4.72. The molecule has 126 valence electrons. The Balaban J connectivity index is 1.64. The molecule has 1 atom stereocenters. The molecule has 2 heterocycles. The zero-order chi connectivity index (χ0) is 16.4. The zero-order valence-electron chi connectivity index (χ0n) is 13.7. The summed E-state index contributed by atoms with van der Waals surface area (Å²) in [4.78, 5) is 21.0. The van der Waals surface area contributed by atoms with Gasteiger partial charge in [-0.3, -0.25) is 9.69 Å². The van der Waals surface area contributed by atoms with E-state index in [9.17, 15) is 4.79 Å². The van der Waals surface area contributed by atoms with E-state index in [1.165, 1.54) is 23.4 Å². The standard InChI is InChI=1S/C19H22N2O2S/c22-18(16-10-6-12-23-16)21(13-14-7-2-1-3-8-14)19-20-15-9-4-5-11-17(15)24-19/h1-3,7-8,16H,4-6,9-13H2. The van der Waals surface area contributed by atoms with Crippen LogP contribution in [0.1, 0.15) is 41.8 Å². The van der Waals surface area contributed by atoms with Crippen molar-refractivity contribution >= 4 is 22.4 Å². The lowest BCUT2D eigenvalue weighted by molar-refractivity contribution is -0.127. The molecule has 1 amide bonds. The number of aromatic nitrogens is 1. The molecule has 0 bridgehead atoms. The van der Waals surface area contributed by atoms with E-state index in [2.05, 4.69) is 12.1 Å². The first-order valence-electron chi connectivity index (χ1n) is 8.77. The minimum atomic E-state index is -0.311. The number of aryl methyl sites for hydroxylation is 2. The number of carbonyl (C=O) groups excluding carboxylic acids is 1. The van der Waals surface area contributed by atoms with Gasteiger partial charge in [0.25, 0.3) is 5.91 Å². The van der Waals surface area contributed by atoms with E-state index in [-0.39, 0.29) is 12.0 Å². The van der Waals surface area contributed by atoms with E-state index in [0.717, 1.165) is 36.4 Å². The molecule has 4 nitrogen and oxygen atoms in total. The van der Waals surface area contributed by atoms with Gasteiger partial charge in [0.1, 0.15) is 6.10 Å². The van der Waals surface area contributed by atoms with Gasteiger partial charge in [0, 0.05) is 11.5 Å². The van der Waals surface area contributed by atoms with Crippen molar-refractivity contribution in [3.8, 4) is 0 Å². The minimum Gasteiger partial charge on any atom is -0.368 e. The van der Waals surface area contributed by atoms with Crippen LogP contribution in [0, 0.1) is 0 Å². The maximum atomic E-state index is 13.0. The van der Waals surface area contributed by atoms with Crippen molar-refractivity contribution < 1.29 is 9.53 Å². The number of anilines is 1. The molecule has 1 aromatic heterocycles. The molecule has 4 rings (SSSR count). The molecule has 5 heteroatoms. The lowest BCUT2D eigenvalue weighted by Gasteiger charge is -2.23. The first kappa shape index (κ1) is 15.8. The van der Waals surface area contributed by atoms with Crippen LogP contribution in [0.4, 0.5) is 5.13 Å². The van der Waals surface area contributed by atoms with Crippen LogP contribution >= 0.6 is 11.3 Å². The number of fused-ring (bicyclic) bond motifs is 1. The summed E-state index contributed by atoms with van der Waals surface area (Å²) >= 11 is 1.69. The van der Waals surface area contributed by atoms with Crippen molar-refractivity contribution in [2.45, 2.75) is 51.2 Å². The van der Waals surface area contributed by atoms with Gasteiger partial charge in [-0.15, -0.1) is 11.3 Å². The molecule has 1 aliphatic carbocycles. The molecule has 24 heavy (non-hydrogen) atoms. The van der Waals surface area contributed by atoms with Gasteiger partial charge in [-0.2, -0.15) is 0 Å². The lowest BCUT2D eigenvalue weighted by atomic mass is 10.0. The van der Waals surface area contributed by atoms with Crippen LogP contribution in [0.2, 0.25) is 0 Å². The van der Waals surface area contributed by atoms with Crippen LogP contribution in [0.5, 0.6) is 0 Å². The number of rotatable bonds is 4. The van der Waals surface area contributed by atoms with E-state index in [1.54, 1.807) is 11.3 Å². The fraction of sp³-hybridized carbons (Fsp3) is 0.474. The third-order valence-corrected chi connectivity index (χ3v) is 5.90. The van der Waals surface area contributed by atoms with Gasteiger partial charge < -0.3 is 4.74 Å². The molecule has 0 N–H and O–H groups in total. The lowest BCUT2D eigenvalue weighted by Crippen LogP contribution is -2.38. The summed E-state index contributed by atoms with van der Waals surface area (Å²) in [5.41, 5.74) is 2.32. The maximum absolute atomic E-state index is 13.0. The fourth-order valence-electron chi connectivity index (χ4n) is 3.41. The summed E-state index contributed by atoms with van der Waals surface area (Å²) < 4.78 is 5.64. The average molecular weight is 342 g/mol. The number of carbonyl (C=O) groups is 1. The third kappa shape index (κ3) is 3.23. The highest BCUT2D eigenvalue weighted by molar-refractivity contribution is 7.15. The molecule has 1 fully saturated rings. The molecule has 0 spiro atoms. The highest BCUT2D eigenvalue weighted by Gasteiger charge is 2.31. The Morgan fingerprint density at radius 2 is 2.04 bits per heavy atom. The molecule has 1 aliphatic heterocycles. The summed E-state index contributed by atoms with van der Waals surface area (Å²) in [5, 5.41) is 0.839. The highest BCUT2D eigenvalue weighted by atomic mass is 32.1. The SMILES string of the molecule is O=C(C1CCCO1)N(Cc1ccccc1)c1nc2c(s1)CCCC2. The Morgan fingerprint density at radius 3 is 2.79 bits per heavy atom. The van der Waals surface area contributed by atoms with Gasteiger partial charge in [0.05, 0.1) is 12.2 Å². The topological polar surface area (TPSA) is 42.4 Å². The van der Waals surface area contributed by atoms with Crippen molar-refractivity contribution in [3.63, 3.8) is 0 Å². The number of nitrogens with zero attached hydrogens (tertiary/aromatic N) is 2. The van der Waals surface area contributed by atoms with Gasteiger partial charge >= 0.3 is 0 Å². The van der Waals surface area contributed by atoms with E-state index in [0.29, 0.717) is 13.2 Å². The van der Waals surface area contributed by atoms with E-state index < -0.39 is 0 Å². The highest BCUT2D eigenvalue weighted by Crippen LogP contribution is 2.33. The van der Waals surface area contributed by atoms with E-state index >= 15 is 0 Å². The van der Waals surface area contributed by atoms with Crippen LogP contribution < -0.4 is 4.90 Å². The van der Waals surface area contributed by atoms with Crippen molar-refractivity contribution in [2.75, 3.05) is 11.5 Å². The molecular weight excluding hydrogens is 320 g/mol. The van der Waals surface area contributed by atoms with Crippen molar-refractivity contribution in [1.82, 2.24) is 4.98 Å². The Hall–Kier alpha value is -1.72. The van der Waals surface area contributed by atoms with E-state index in [1.807, 2.05) is 23.1 Å². The van der Waals surface area contributed by atoms with Crippen LogP contribution in [0.3, 0.4) is 0 Å². The second-order valence-electron chi connectivity index (χ2n) is 6.49. The second-order valence-corrected chi connectivity index (χ2v) is 7.55. The van der Waals surface area contributed by atoms with Gasteiger partial charge in [-0.25, -0.2) is 4.98 Å². The maximum Gasteiger partial charge on any atom is 0.258 e. The van der Waals surface area contributed by atoms with Gasteiger partial charge in [-0.05, 0) is 44.1 Å². The summed E-state index contributed by atoms with van der Waals surface area (Å²) in [6, 6.07) is 10.1. The molecule has 2 aromatic rings. The van der Waals surface area contributed by atoms with Crippen molar-refractivity contribution in [3.05, 3.63) is 46.5 Å². The molecule has 1 saturated heterocycles. The van der Waals surface area contributed by atoms with Gasteiger partial charge in [0.2, 0.25) is 0 Å². The molecule has 0 radical (unpaired) electrons. The second kappa shape index (κ2) is 7.03. The predicted molar refractivity (Wildman–Crippen MR) is 95.4 cm³/mol. The molecular formula is C19H22N2O2S. The van der Waals surface area contributed by atoms with Crippen LogP contribution in [0.25, 0.3) is 0 Å². The molecule has 0 saturated carbocycles. The Morgan fingerprint density at radius 1 is 1.21 bits per heavy atom. The van der Waals surface area contributed by atoms with Crippen LogP contribution in [-0.2, 0) is 28.9 Å².